The summed E-state index contributed by atoms with van der Waals surface area (Å²) < 4.78 is 5.35. The number of benzene rings is 2. The zero-order valence-corrected chi connectivity index (χ0v) is 16.2. The van der Waals surface area contributed by atoms with Crippen LogP contribution in [0.15, 0.2) is 41.3 Å². The van der Waals surface area contributed by atoms with E-state index < -0.39 is 10.8 Å². The number of thioether (sulfide) groups is 1. The molecule has 1 saturated heterocycles. The van der Waals surface area contributed by atoms with Gasteiger partial charge in [0.25, 0.3) is 11.6 Å². The van der Waals surface area contributed by atoms with Crippen molar-refractivity contribution in [2.24, 2.45) is 0 Å². The van der Waals surface area contributed by atoms with Crippen LogP contribution in [0, 0.1) is 10.1 Å². The van der Waals surface area contributed by atoms with E-state index in [1.807, 2.05) is 11.0 Å². The first-order valence-corrected chi connectivity index (χ1v) is 9.99. The van der Waals surface area contributed by atoms with Crippen LogP contribution in [-0.2, 0) is 9.53 Å². The third-order valence-corrected chi connectivity index (χ3v) is 5.73. The zero-order valence-electron chi connectivity index (χ0n) is 15.3. The Kier molecular flexibility index (Phi) is 5.36. The van der Waals surface area contributed by atoms with Crippen LogP contribution < -0.4 is 15.5 Å². The van der Waals surface area contributed by atoms with Gasteiger partial charge in [-0.1, -0.05) is 0 Å². The zero-order chi connectivity index (χ0) is 20.4. The first-order valence-electron chi connectivity index (χ1n) is 9.00. The van der Waals surface area contributed by atoms with E-state index in [0.717, 1.165) is 4.90 Å². The molecule has 2 amide bonds. The minimum atomic E-state index is -0.522. The lowest BCUT2D eigenvalue weighted by Crippen LogP contribution is -2.37. The van der Waals surface area contributed by atoms with Crippen molar-refractivity contribution in [1.29, 1.82) is 0 Å². The van der Waals surface area contributed by atoms with Gasteiger partial charge in [0, 0.05) is 35.8 Å². The molecule has 9 nitrogen and oxygen atoms in total. The minimum Gasteiger partial charge on any atom is -0.378 e. The first kappa shape index (κ1) is 19.2. The smallest absolute Gasteiger partial charge is 0.270 e. The second kappa shape index (κ2) is 8.10. The second-order valence-corrected chi connectivity index (χ2v) is 7.58. The number of anilines is 3. The molecule has 2 aromatic rings. The van der Waals surface area contributed by atoms with Gasteiger partial charge in [0.1, 0.15) is 0 Å². The number of morpholine rings is 1. The van der Waals surface area contributed by atoms with Crippen molar-refractivity contribution in [2.75, 3.05) is 47.6 Å². The highest BCUT2D eigenvalue weighted by molar-refractivity contribution is 8.00. The Morgan fingerprint density at radius 1 is 1.21 bits per heavy atom. The quantitative estimate of drug-likeness (QED) is 0.584. The van der Waals surface area contributed by atoms with Gasteiger partial charge >= 0.3 is 0 Å². The monoisotopic (exact) mass is 414 g/mol. The summed E-state index contributed by atoms with van der Waals surface area (Å²) in [4.78, 5) is 38.2. The number of amides is 2. The predicted molar refractivity (Wildman–Crippen MR) is 110 cm³/mol. The Hall–Kier alpha value is -3.11. The molecule has 0 spiro atoms. The Labute approximate surface area is 170 Å². The number of nitro benzene ring substituents is 1. The number of carbonyl (C=O) groups is 2. The third-order valence-electron chi connectivity index (χ3n) is 4.66. The largest absolute Gasteiger partial charge is 0.378 e. The standard InChI is InChI=1S/C19H18N4O5S/c24-18-11-29-17-4-1-12(9-15(17)21-18)20-19(25)14-10-13(23(26)27)2-3-16(14)22-5-7-28-8-6-22/h1-4,9-10H,5-8,11H2,(H,20,25)(H,21,24). The summed E-state index contributed by atoms with van der Waals surface area (Å²) in [5, 5.41) is 16.8. The number of rotatable bonds is 4. The molecule has 0 atom stereocenters. The molecule has 2 aliphatic heterocycles. The van der Waals surface area contributed by atoms with E-state index in [-0.39, 0.29) is 17.2 Å². The Balaban J connectivity index is 1.63. The Morgan fingerprint density at radius 2 is 2.00 bits per heavy atom. The molecule has 4 rings (SSSR count). The van der Waals surface area contributed by atoms with Crippen LogP contribution in [0.4, 0.5) is 22.7 Å². The summed E-state index contributed by atoms with van der Waals surface area (Å²) in [6.45, 7) is 2.25. The lowest BCUT2D eigenvalue weighted by atomic mass is 10.1. The fourth-order valence-corrected chi connectivity index (χ4v) is 4.05. The van der Waals surface area contributed by atoms with Gasteiger partial charge in [-0.25, -0.2) is 0 Å². The van der Waals surface area contributed by atoms with Gasteiger partial charge in [-0.3, -0.25) is 19.7 Å². The number of carbonyl (C=O) groups excluding carboxylic acids is 2. The molecule has 10 heteroatoms. The maximum Gasteiger partial charge on any atom is 0.270 e. The summed E-state index contributed by atoms with van der Waals surface area (Å²) in [6, 6.07) is 9.53. The molecule has 0 aromatic heterocycles. The Bertz CT molecular complexity index is 991. The van der Waals surface area contributed by atoms with Crippen LogP contribution in [0.3, 0.4) is 0 Å². The molecule has 29 heavy (non-hydrogen) atoms. The van der Waals surface area contributed by atoms with E-state index in [0.29, 0.717) is 49.1 Å². The molecule has 0 aliphatic carbocycles. The van der Waals surface area contributed by atoms with Crippen LogP contribution in [-0.4, -0.2) is 48.8 Å². The second-order valence-electron chi connectivity index (χ2n) is 6.56. The van der Waals surface area contributed by atoms with E-state index in [1.165, 1.54) is 23.9 Å². The van der Waals surface area contributed by atoms with Crippen LogP contribution in [0.2, 0.25) is 0 Å². The van der Waals surface area contributed by atoms with Gasteiger partial charge in [0.15, 0.2) is 0 Å². The normalized spacial score (nSPS) is 16.0. The summed E-state index contributed by atoms with van der Waals surface area (Å²) in [7, 11) is 0. The highest BCUT2D eigenvalue weighted by atomic mass is 32.2. The molecule has 0 radical (unpaired) electrons. The number of fused-ring (bicyclic) bond motifs is 1. The molecule has 2 aliphatic rings. The van der Waals surface area contributed by atoms with Gasteiger partial charge in [0.2, 0.25) is 5.91 Å². The Morgan fingerprint density at radius 3 is 2.76 bits per heavy atom. The van der Waals surface area contributed by atoms with Crippen molar-refractivity contribution in [3.05, 3.63) is 52.1 Å². The van der Waals surface area contributed by atoms with E-state index in [4.69, 9.17) is 4.74 Å². The number of ether oxygens (including phenoxy) is 1. The van der Waals surface area contributed by atoms with Crippen molar-refractivity contribution >= 4 is 46.3 Å². The highest BCUT2D eigenvalue weighted by Gasteiger charge is 2.23. The molecule has 2 aromatic carbocycles. The van der Waals surface area contributed by atoms with E-state index >= 15 is 0 Å². The maximum absolute atomic E-state index is 13.0. The minimum absolute atomic E-state index is 0.0979. The summed E-state index contributed by atoms with van der Waals surface area (Å²) >= 11 is 1.43. The fraction of sp³-hybridized carbons (Fsp3) is 0.263. The predicted octanol–water partition coefficient (Wildman–Crippen LogP) is 2.73. The highest BCUT2D eigenvalue weighted by Crippen LogP contribution is 2.34. The maximum atomic E-state index is 13.0. The number of nitro groups is 1. The van der Waals surface area contributed by atoms with E-state index in [2.05, 4.69) is 10.6 Å². The van der Waals surface area contributed by atoms with Crippen LogP contribution in [0.5, 0.6) is 0 Å². The van der Waals surface area contributed by atoms with Gasteiger partial charge in [0.05, 0.1) is 40.8 Å². The number of non-ortho nitro benzene ring substituents is 1. The first-order chi connectivity index (χ1) is 14.0. The van der Waals surface area contributed by atoms with Gasteiger partial charge in [-0.2, -0.15) is 0 Å². The number of hydrogen-bond acceptors (Lipinski definition) is 7. The summed E-state index contributed by atoms with van der Waals surface area (Å²) in [5.74, 6) is -0.195. The van der Waals surface area contributed by atoms with Crippen LogP contribution in [0.1, 0.15) is 10.4 Å². The van der Waals surface area contributed by atoms with Crippen LogP contribution in [0.25, 0.3) is 0 Å². The molecule has 2 N–H and O–H groups in total. The molecular formula is C19H18N4O5S. The van der Waals surface area contributed by atoms with Crippen molar-refractivity contribution in [3.8, 4) is 0 Å². The number of nitrogens with zero attached hydrogens (tertiary/aromatic N) is 2. The van der Waals surface area contributed by atoms with E-state index in [9.17, 15) is 19.7 Å². The summed E-state index contributed by atoms with van der Waals surface area (Å²) in [6.07, 6.45) is 0. The molecule has 0 bridgehead atoms. The topological polar surface area (TPSA) is 114 Å². The molecular weight excluding hydrogens is 396 g/mol. The van der Waals surface area contributed by atoms with E-state index in [1.54, 1.807) is 18.2 Å². The van der Waals surface area contributed by atoms with Crippen molar-refractivity contribution in [3.63, 3.8) is 0 Å². The molecule has 150 valence electrons. The van der Waals surface area contributed by atoms with Gasteiger partial charge < -0.3 is 20.3 Å². The lowest BCUT2D eigenvalue weighted by Gasteiger charge is -2.30. The molecule has 0 saturated carbocycles. The molecule has 0 unspecified atom stereocenters. The van der Waals surface area contributed by atoms with Gasteiger partial charge in [-0.15, -0.1) is 11.8 Å². The molecule has 2 heterocycles. The average Bonchev–Trinajstić information content (AvgIpc) is 2.73. The number of hydrogen-bond donors (Lipinski definition) is 2. The average molecular weight is 414 g/mol. The SMILES string of the molecule is O=C1CSc2ccc(NC(=O)c3cc([N+](=O)[O-])ccc3N3CCOCC3)cc2N1. The van der Waals surface area contributed by atoms with Crippen molar-refractivity contribution in [2.45, 2.75) is 4.90 Å². The number of nitrogens with one attached hydrogen (secondary N) is 2. The fourth-order valence-electron chi connectivity index (χ4n) is 3.26. The summed E-state index contributed by atoms with van der Waals surface area (Å²) in [5.41, 5.74) is 1.82. The van der Waals surface area contributed by atoms with Crippen molar-refractivity contribution < 1.29 is 19.2 Å². The van der Waals surface area contributed by atoms with Gasteiger partial charge in [-0.05, 0) is 24.3 Å². The van der Waals surface area contributed by atoms with Crippen LogP contribution >= 0.6 is 11.8 Å². The van der Waals surface area contributed by atoms with Crippen molar-refractivity contribution in [1.82, 2.24) is 0 Å². The third kappa shape index (κ3) is 4.17. The molecule has 1 fully saturated rings. The lowest BCUT2D eigenvalue weighted by molar-refractivity contribution is -0.384.